The molecule has 0 radical (unpaired) electrons. The van der Waals surface area contributed by atoms with Crippen molar-refractivity contribution in [2.24, 2.45) is 0 Å². The molecule has 0 aliphatic carbocycles. The fourth-order valence-electron chi connectivity index (χ4n) is 3.98. The first-order valence-electron chi connectivity index (χ1n) is 13.0. The van der Waals surface area contributed by atoms with Crippen LogP contribution >= 0.6 is 0 Å². The molecule has 3 aromatic carbocycles. The molecule has 0 fully saturated rings. The topological polar surface area (TPSA) is 86.8 Å². The molecule has 0 spiro atoms. The van der Waals surface area contributed by atoms with Crippen LogP contribution in [0.1, 0.15) is 43.4 Å². The van der Waals surface area contributed by atoms with Gasteiger partial charge in [0.05, 0.1) is 10.6 Å². The Kier molecular flexibility index (Phi) is 10.2. The Labute approximate surface area is 230 Å². The van der Waals surface area contributed by atoms with Crippen LogP contribution in [0.2, 0.25) is 0 Å². The van der Waals surface area contributed by atoms with Crippen LogP contribution in [0.3, 0.4) is 0 Å². The zero-order valence-corrected chi connectivity index (χ0v) is 23.7. The predicted molar refractivity (Wildman–Crippen MR) is 151 cm³/mol. The van der Waals surface area contributed by atoms with Crippen molar-refractivity contribution < 1.29 is 22.4 Å². The van der Waals surface area contributed by atoms with Gasteiger partial charge < -0.3 is 10.2 Å². The lowest BCUT2D eigenvalue weighted by Gasteiger charge is -2.32. The van der Waals surface area contributed by atoms with Crippen LogP contribution < -0.4 is 9.62 Å². The third-order valence-electron chi connectivity index (χ3n) is 6.47. The van der Waals surface area contributed by atoms with Gasteiger partial charge in [0.25, 0.3) is 10.0 Å². The van der Waals surface area contributed by atoms with Crippen LogP contribution in [0.5, 0.6) is 0 Å². The molecule has 0 aliphatic heterocycles. The molecule has 7 nitrogen and oxygen atoms in total. The minimum atomic E-state index is -4.19. The summed E-state index contributed by atoms with van der Waals surface area (Å²) in [6.07, 6.45) is 1.71. The van der Waals surface area contributed by atoms with Gasteiger partial charge in [0.2, 0.25) is 11.8 Å². The largest absolute Gasteiger partial charge is 0.354 e. The van der Waals surface area contributed by atoms with E-state index in [0.29, 0.717) is 6.54 Å². The van der Waals surface area contributed by atoms with E-state index in [4.69, 9.17) is 0 Å². The van der Waals surface area contributed by atoms with Crippen molar-refractivity contribution in [1.82, 2.24) is 10.2 Å². The van der Waals surface area contributed by atoms with Gasteiger partial charge in [-0.05, 0) is 69.2 Å². The average Bonchev–Trinajstić information content (AvgIpc) is 2.91. The number of nitrogens with zero attached hydrogens (tertiary/aromatic N) is 2. The molecule has 9 heteroatoms. The van der Waals surface area contributed by atoms with Crippen LogP contribution in [0, 0.1) is 19.7 Å². The number of hydrogen-bond donors (Lipinski definition) is 1. The van der Waals surface area contributed by atoms with Gasteiger partial charge in [-0.25, -0.2) is 12.8 Å². The van der Waals surface area contributed by atoms with Crippen LogP contribution in [-0.2, 0) is 26.2 Å². The van der Waals surface area contributed by atoms with Crippen molar-refractivity contribution in [1.29, 1.82) is 0 Å². The molecule has 0 bridgehead atoms. The number of amides is 2. The van der Waals surface area contributed by atoms with E-state index >= 15 is 0 Å². The molecule has 39 heavy (non-hydrogen) atoms. The second kappa shape index (κ2) is 13.4. The summed E-state index contributed by atoms with van der Waals surface area (Å²) in [5.41, 5.74) is 2.87. The number of halogens is 1. The zero-order chi connectivity index (χ0) is 28.6. The quantitative estimate of drug-likeness (QED) is 0.321. The first-order chi connectivity index (χ1) is 18.5. The van der Waals surface area contributed by atoms with Crippen molar-refractivity contribution >= 4 is 27.5 Å². The summed E-state index contributed by atoms with van der Waals surface area (Å²) < 4.78 is 42.2. The number of unbranched alkanes of at least 4 members (excludes halogenated alkanes) is 1. The summed E-state index contributed by atoms with van der Waals surface area (Å²) in [5.74, 6) is -1.41. The van der Waals surface area contributed by atoms with Crippen LogP contribution in [-0.4, -0.2) is 44.3 Å². The number of carbonyl (C=O) groups is 2. The number of aryl methyl sites for hydroxylation is 2. The molecule has 1 N–H and O–H groups in total. The highest BCUT2D eigenvalue weighted by molar-refractivity contribution is 7.92. The third-order valence-corrected chi connectivity index (χ3v) is 8.26. The van der Waals surface area contributed by atoms with E-state index in [1.165, 1.54) is 29.2 Å². The highest BCUT2D eigenvalue weighted by Gasteiger charge is 2.32. The SMILES string of the molecule is CCCCNC(=O)[C@@H](C)N(Cc1ccc(C)cc1)C(=O)CN(c1ccc(F)cc1)S(=O)(=O)c1ccc(C)cc1. The normalized spacial score (nSPS) is 12.0. The molecule has 0 heterocycles. The average molecular weight is 554 g/mol. The van der Waals surface area contributed by atoms with Gasteiger partial charge in [-0.15, -0.1) is 0 Å². The first-order valence-corrected chi connectivity index (χ1v) is 14.4. The summed E-state index contributed by atoms with van der Waals surface area (Å²) >= 11 is 0. The molecule has 3 aromatic rings. The number of carbonyl (C=O) groups excluding carboxylic acids is 2. The summed E-state index contributed by atoms with van der Waals surface area (Å²) in [7, 11) is -4.19. The molecule has 0 aromatic heterocycles. The van der Waals surface area contributed by atoms with Crippen molar-refractivity contribution in [2.75, 3.05) is 17.4 Å². The van der Waals surface area contributed by atoms with Gasteiger partial charge in [0.15, 0.2) is 0 Å². The fourth-order valence-corrected chi connectivity index (χ4v) is 5.40. The van der Waals surface area contributed by atoms with Crippen molar-refractivity contribution in [3.63, 3.8) is 0 Å². The first kappa shape index (κ1) is 29.8. The second-order valence-electron chi connectivity index (χ2n) is 9.63. The molecule has 2 amide bonds. The molecule has 0 aliphatic rings. The van der Waals surface area contributed by atoms with E-state index < -0.39 is 34.3 Å². The lowest BCUT2D eigenvalue weighted by molar-refractivity contribution is -0.139. The summed E-state index contributed by atoms with van der Waals surface area (Å²) in [5, 5.41) is 2.86. The van der Waals surface area contributed by atoms with Crippen molar-refractivity contribution in [3.8, 4) is 0 Å². The third kappa shape index (κ3) is 7.89. The van der Waals surface area contributed by atoms with E-state index in [1.54, 1.807) is 19.1 Å². The maximum Gasteiger partial charge on any atom is 0.264 e. The minimum absolute atomic E-state index is 0.000617. The van der Waals surface area contributed by atoms with E-state index in [9.17, 15) is 22.4 Å². The van der Waals surface area contributed by atoms with Crippen molar-refractivity contribution in [2.45, 2.75) is 58.0 Å². The predicted octanol–water partition coefficient (Wildman–Crippen LogP) is 4.97. The van der Waals surface area contributed by atoms with Gasteiger partial charge in [0, 0.05) is 13.1 Å². The molecule has 0 saturated carbocycles. The number of sulfonamides is 1. The lowest BCUT2D eigenvalue weighted by atomic mass is 10.1. The molecule has 0 unspecified atom stereocenters. The molecule has 208 valence electrons. The Morgan fingerprint density at radius 2 is 1.46 bits per heavy atom. The highest BCUT2D eigenvalue weighted by atomic mass is 32.2. The smallest absolute Gasteiger partial charge is 0.264 e. The fraction of sp³-hybridized carbons (Fsp3) is 0.333. The van der Waals surface area contributed by atoms with Gasteiger partial charge in [-0.1, -0.05) is 60.9 Å². The Hall–Kier alpha value is -3.72. The summed E-state index contributed by atoms with van der Waals surface area (Å²) in [6.45, 7) is 7.46. The molecule has 3 rings (SSSR count). The Bertz CT molecular complexity index is 1360. The molecular weight excluding hydrogens is 517 g/mol. The number of hydrogen-bond acceptors (Lipinski definition) is 4. The molecular formula is C30H36FN3O4S. The second-order valence-corrected chi connectivity index (χ2v) is 11.5. The van der Waals surface area contributed by atoms with Crippen LogP contribution in [0.15, 0.2) is 77.7 Å². The maximum atomic E-state index is 13.8. The summed E-state index contributed by atoms with van der Waals surface area (Å²) in [6, 6.07) is 17.9. The standard InChI is InChI=1S/C30H36FN3O4S/c1-5-6-19-32-30(36)24(4)33(20-25-11-7-22(2)8-12-25)29(35)21-34(27-15-13-26(31)14-16-27)39(37,38)28-17-9-23(3)10-18-28/h7-18,24H,5-6,19-21H2,1-4H3,(H,32,36)/t24-/m1/s1. The monoisotopic (exact) mass is 553 g/mol. The van der Waals surface area contributed by atoms with Gasteiger partial charge in [-0.2, -0.15) is 0 Å². The van der Waals surface area contributed by atoms with E-state index in [1.807, 2.05) is 45.0 Å². The number of rotatable bonds is 12. The van der Waals surface area contributed by atoms with E-state index in [0.717, 1.165) is 46.0 Å². The highest BCUT2D eigenvalue weighted by Crippen LogP contribution is 2.25. The lowest BCUT2D eigenvalue weighted by Crippen LogP contribution is -2.51. The van der Waals surface area contributed by atoms with Crippen molar-refractivity contribution in [3.05, 3.63) is 95.3 Å². The minimum Gasteiger partial charge on any atom is -0.354 e. The van der Waals surface area contributed by atoms with E-state index in [-0.39, 0.29) is 23.0 Å². The molecule has 0 saturated heterocycles. The number of nitrogens with one attached hydrogen (secondary N) is 1. The Balaban J connectivity index is 1.98. The van der Waals surface area contributed by atoms with Crippen LogP contribution in [0.25, 0.3) is 0 Å². The maximum absolute atomic E-state index is 13.8. The van der Waals surface area contributed by atoms with Crippen LogP contribution in [0.4, 0.5) is 10.1 Å². The zero-order valence-electron chi connectivity index (χ0n) is 22.9. The van der Waals surface area contributed by atoms with Gasteiger partial charge in [0.1, 0.15) is 18.4 Å². The molecule has 1 atom stereocenters. The Morgan fingerprint density at radius 3 is 2.03 bits per heavy atom. The number of anilines is 1. The van der Waals surface area contributed by atoms with E-state index in [2.05, 4.69) is 5.32 Å². The van der Waals surface area contributed by atoms with Gasteiger partial charge in [-0.3, -0.25) is 13.9 Å². The van der Waals surface area contributed by atoms with Gasteiger partial charge >= 0.3 is 0 Å². The Morgan fingerprint density at radius 1 is 0.897 bits per heavy atom. The number of benzene rings is 3. The summed E-state index contributed by atoms with van der Waals surface area (Å²) in [4.78, 5) is 28.2.